The summed E-state index contributed by atoms with van der Waals surface area (Å²) in [6.07, 6.45) is 1.78. The Morgan fingerprint density at radius 2 is 1.93 bits per heavy atom. The van der Waals surface area contributed by atoms with Gasteiger partial charge in [0.1, 0.15) is 0 Å². The van der Waals surface area contributed by atoms with Crippen LogP contribution in [0.3, 0.4) is 0 Å². The fourth-order valence-corrected chi connectivity index (χ4v) is 3.35. The summed E-state index contributed by atoms with van der Waals surface area (Å²) in [7, 11) is 0. The van der Waals surface area contributed by atoms with Gasteiger partial charge in [0.15, 0.2) is 11.5 Å². The maximum Gasteiger partial charge on any atom is 0.258 e. The van der Waals surface area contributed by atoms with E-state index in [1.54, 1.807) is 55.6 Å². The highest BCUT2D eigenvalue weighted by atomic mass is 16.5. The highest BCUT2D eigenvalue weighted by molar-refractivity contribution is 6.09. The number of ether oxygens (including phenoxy) is 2. The molecule has 1 amide bonds. The van der Waals surface area contributed by atoms with Crippen LogP contribution in [0.15, 0.2) is 53.5 Å². The summed E-state index contributed by atoms with van der Waals surface area (Å²) >= 11 is 0. The molecular weight excluding hydrogens is 372 g/mol. The zero-order valence-corrected chi connectivity index (χ0v) is 16.1. The first kappa shape index (κ1) is 19.0. The predicted molar refractivity (Wildman–Crippen MR) is 110 cm³/mol. The SMILES string of the molecule is CC(O)Cn1ccc2c(NC(=O)c3ccc4c(c3)OCCCO4)cccc2c1=O. The van der Waals surface area contributed by atoms with Gasteiger partial charge in [-0.3, -0.25) is 9.59 Å². The van der Waals surface area contributed by atoms with Crippen molar-refractivity contribution in [2.45, 2.75) is 26.0 Å². The van der Waals surface area contributed by atoms with E-state index in [4.69, 9.17) is 9.47 Å². The van der Waals surface area contributed by atoms with E-state index >= 15 is 0 Å². The molecule has 1 unspecified atom stereocenters. The van der Waals surface area contributed by atoms with E-state index < -0.39 is 6.10 Å². The summed E-state index contributed by atoms with van der Waals surface area (Å²) in [4.78, 5) is 25.5. The van der Waals surface area contributed by atoms with Crippen LogP contribution in [0.25, 0.3) is 10.8 Å². The molecule has 7 heteroatoms. The van der Waals surface area contributed by atoms with Gasteiger partial charge in [0, 0.05) is 34.6 Å². The lowest BCUT2D eigenvalue weighted by Gasteiger charge is -2.13. The lowest BCUT2D eigenvalue weighted by Crippen LogP contribution is -2.25. The Morgan fingerprint density at radius 3 is 2.72 bits per heavy atom. The highest BCUT2D eigenvalue weighted by Gasteiger charge is 2.16. The molecule has 0 aliphatic carbocycles. The van der Waals surface area contributed by atoms with Gasteiger partial charge in [0.05, 0.1) is 25.9 Å². The Bertz CT molecular complexity index is 1120. The number of amides is 1. The standard InChI is InChI=1S/C22H22N2O5/c1-14(25)13-24-9-8-16-17(22(24)27)4-2-5-18(16)23-21(26)15-6-7-19-20(12-15)29-11-3-10-28-19/h2,4-9,12,14,25H,3,10-11,13H2,1H3,(H,23,26). The molecule has 1 aromatic heterocycles. The number of benzene rings is 2. The van der Waals surface area contributed by atoms with Crippen molar-refractivity contribution in [2.24, 2.45) is 0 Å². The average Bonchev–Trinajstić information content (AvgIpc) is 2.95. The van der Waals surface area contributed by atoms with Crippen molar-refractivity contribution in [1.82, 2.24) is 4.57 Å². The first-order valence-corrected chi connectivity index (χ1v) is 9.54. The Morgan fingerprint density at radius 1 is 1.14 bits per heavy atom. The monoisotopic (exact) mass is 394 g/mol. The van der Waals surface area contributed by atoms with Crippen LogP contribution in [0.2, 0.25) is 0 Å². The normalized spacial score (nSPS) is 14.3. The zero-order valence-electron chi connectivity index (χ0n) is 16.1. The summed E-state index contributed by atoms with van der Waals surface area (Å²) in [5.74, 6) is 0.873. The molecular formula is C22H22N2O5. The van der Waals surface area contributed by atoms with Crippen LogP contribution in [0.4, 0.5) is 5.69 Å². The number of aromatic nitrogens is 1. The lowest BCUT2D eigenvalue weighted by molar-refractivity contribution is 0.102. The van der Waals surface area contributed by atoms with E-state index in [0.717, 1.165) is 6.42 Å². The molecule has 150 valence electrons. The van der Waals surface area contributed by atoms with Crippen molar-refractivity contribution in [3.8, 4) is 11.5 Å². The second-order valence-electron chi connectivity index (χ2n) is 7.06. The first-order valence-electron chi connectivity index (χ1n) is 9.54. The molecule has 1 atom stereocenters. The Balaban J connectivity index is 1.64. The van der Waals surface area contributed by atoms with E-state index in [-0.39, 0.29) is 18.0 Å². The van der Waals surface area contributed by atoms with Gasteiger partial charge in [-0.25, -0.2) is 0 Å². The molecule has 0 saturated carbocycles. The molecule has 0 radical (unpaired) electrons. The number of fused-ring (bicyclic) bond motifs is 2. The minimum absolute atomic E-state index is 0.211. The smallest absolute Gasteiger partial charge is 0.258 e. The van der Waals surface area contributed by atoms with Gasteiger partial charge in [0.2, 0.25) is 0 Å². The van der Waals surface area contributed by atoms with E-state index in [9.17, 15) is 14.7 Å². The van der Waals surface area contributed by atoms with Gasteiger partial charge >= 0.3 is 0 Å². The fraction of sp³-hybridized carbons (Fsp3) is 0.273. The molecule has 2 N–H and O–H groups in total. The molecule has 1 aliphatic rings. The summed E-state index contributed by atoms with van der Waals surface area (Å²) in [6, 6.07) is 12.0. The maximum absolute atomic E-state index is 12.8. The third kappa shape index (κ3) is 3.95. The van der Waals surface area contributed by atoms with Crippen LogP contribution in [-0.2, 0) is 6.54 Å². The first-order chi connectivity index (χ1) is 14.0. The molecule has 2 heterocycles. The summed E-state index contributed by atoms with van der Waals surface area (Å²) in [5, 5.41) is 13.6. The molecule has 7 nitrogen and oxygen atoms in total. The van der Waals surface area contributed by atoms with Gasteiger partial charge in [-0.05, 0) is 43.3 Å². The number of aliphatic hydroxyl groups is 1. The number of nitrogens with one attached hydrogen (secondary N) is 1. The molecule has 2 aromatic carbocycles. The molecule has 0 spiro atoms. The third-order valence-corrected chi connectivity index (χ3v) is 4.74. The quantitative estimate of drug-likeness (QED) is 0.710. The minimum atomic E-state index is -0.632. The maximum atomic E-state index is 12.8. The van der Waals surface area contributed by atoms with Gasteiger partial charge in [-0.1, -0.05) is 6.07 Å². The van der Waals surface area contributed by atoms with E-state index in [1.807, 2.05) is 0 Å². The highest BCUT2D eigenvalue weighted by Crippen LogP contribution is 2.31. The van der Waals surface area contributed by atoms with Crippen molar-refractivity contribution in [3.63, 3.8) is 0 Å². The number of anilines is 1. The summed E-state index contributed by atoms with van der Waals surface area (Å²) in [5.41, 5.74) is 0.768. The van der Waals surface area contributed by atoms with Gasteiger partial charge < -0.3 is 24.5 Å². The van der Waals surface area contributed by atoms with Gasteiger partial charge in [-0.15, -0.1) is 0 Å². The molecule has 4 rings (SSSR count). The number of hydrogen-bond donors (Lipinski definition) is 2. The van der Waals surface area contributed by atoms with E-state index in [0.29, 0.717) is 46.7 Å². The van der Waals surface area contributed by atoms with Crippen LogP contribution in [0.5, 0.6) is 11.5 Å². The molecule has 0 fully saturated rings. The van der Waals surface area contributed by atoms with Crippen LogP contribution in [-0.4, -0.2) is 34.9 Å². The molecule has 0 bridgehead atoms. The molecule has 29 heavy (non-hydrogen) atoms. The zero-order chi connectivity index (χ0) is 20.4. The Hall–Kier alpha value is -3.32. The predicted octanol–water partition coefficient (Wildman–Crippen LogP) is 2.80. The number of pyridine rings is 1. The number of carbonyl (C=O) groups excluding carboxylic acids is 1. The van der Waals surface area contributed by atoms with Crippen molar-refractivity contribution in [3.05, 3.63) is 64.6 Å². The molecule has 1 aliphatic heterocycles. The topological polar surface area (TPSA) is 89.8 Å². The summed E-state index contributed by atoms with van der Waals surface area (Å²) < 4.78 is 12.7. The van der Waals surface area contributed by atoms with E-state index in [2.05, 4.69) is 5.32 Å². The summed E-state index contributed by atoms with van der Waals surface area (Å²) in [6.45, 7) is 2.96. The minimum Gasteiger partial charge on any atom is -0.490 e. The van der Waals surface area contributed by atoms with Gasteiger partial charge in [-0.2, -0.15) is 0 Å². The number of hydrogen-bond acceptors (Lipinski definition) is 5. The molecule has 0 saturated heterocycles. The second kappa shape index (κ2) is 7.97. The Kier molecular flexibility index (Phi) is 5.22. The largest absolute Gasteiger partial charge is 0.490 e. The number of nitrogens with zero attached hydrogens (tertiary/aromatic N) is 1. The number of carbonyl (C=O) groups is 1. The second-order valence-corrected chi connectivity index (χ2v) is 7.06. The van der Waals surface area contributed by atoms with Crippen molar-refractivity contribution < 1.29 is 19.4 Å². The van der Waals surface area contributed by atoms with Crippen molar-refractivity contribution >= 4 is 22.4 Å². The number of rotatable bonds is 4. The van der Waals surface area contributed by atoms with Crippen molar-refractivity contribution in [1.29, 1.82) is 0 Å². The van der Waals surface area contributed by atoms with Crippen LogP contribution < -0.4 is 20.3 Å². The van der Waals surface area contributed by atoms with Gasteiger partial charge in [0.25, 0.3) is 11.5 Å². The average molecular weight is 394 g/mol. The van der Waals surface area contributed by atoms with Crippen LogP contribution >= 0.6 is 0 Å². The lowest BCUT2D eigenvalue weighted by atomic mass is 10.1. The van der Waals surface area contributed by atoms with Crippen LogP contribution in [0, 0.1) is 0 Å². The van der Waals surface area contributed by atoms with E-state index in [1.165, 1.54) is 4.57 Å². The Labute approximate surface area is 167 Å². The number of aliphatic hydroxyl groups excluding tert-OH is 1. The third-order valence-electron chi connectivity index (χ3n) is 4.74. The molecule has 3 aromatic rings. The van der Waals surface area contributed by atoms with Crippen molar-refractivity contribution in [2.75, 3.05) is 18.5 Å². The fourth-order valence-electron chi connectivity index (χ4n) is 3.35. The van der Waals surface area contributed by atoms with Crippen LogP contribution in [0.1, 0.15) is 23.7 Å².